The number of hydrogen-bond donors (Lipinski definition) is 0. The molecule has 1 aromatic heterocycles. The summed E-state index contributed by atoms with van der Waals surface area (Å²) in [5, 5.41) is 1.20. The van der Waals surface area contributed by atoms with E-state index in [1.165, 1.54) is 23.8 Å². The lowest BCUT2D eigenvalue weighted by Crippen LogP contribution is -2.11. The van der Waals surface area contributed by atoms with Crippen LogP contribution in [0.5, 0.6) is 0 Å². The fraction of sp³-hybridized carbons (Fsp3) is 0.357. The van der Waals surface area contributed by atoms with Crippen LogP contribution in [-0.2, 0) is 4.74 Å². The van der Waals surface area contributed by atoms with Crippen molar-refractivity contribution in [3.63, 3.8) is 0 Å². The molecule has 1 saturated heterocycles. The highest BCUT2D eigenvalue weighted by atomic mass is 16.5. The van der Waals surface area contributed by atoms with E-state index in [1.807, 2.05) is 18.3 Å². The minimum Gasteiger partial charge on any atom is -0.373 e. The zero-order chi connectivity index (χ0) is 10.8. The molecule has 1 aliphatic rings. The van der Waals surface area contributed by atoms with E-state index >= 15 is 0 Å². The average Bonchev–Trinajstić information content (AvgIpc) is 2.39. The van der Waals surface area contributed by atoms with Gasteiger partial charge in [0.1, 0.15) is 0 Å². The number of rotatable bonds is 1. The van der Waals surface area contributed by atoms with Gasteiger partial charge in [0.2, 0.25) is 0 Å². The van der Waals surface area contributed by atoms with Crippen molar-refractivity contribution in [2.45, 2.75) is 25.4 Å². The fourth-order valence-corrected chi connectivity index (χ4v) is 2.27. The lowest BCUT2D eigenvalue weighted by Gasteiger charge is -2.22. The fourth-order valence-electron chi connectivity index (χ4n) is 2.27. The zero-order valence-corrected chi connectivity index (χ0v) is 9.23. The number of hydrogen-bond acceptors (Lipinski definition) is 2. The number of pyridine rings is 1. The molecule has 0 radical (unpaired) electrons. The van der Waals surface area contributed by atoms with Crippen LogP contribution in [0.2, 0.25) is 0 Å². The molecule has 1 aliphatic heterocycles. The molecule has 0 spiro atoms. The second-order valence-corrected chi connectivity index (χ2v) is 4.32. The maximum absolute atomic E-state index is 5.77. The van der Waals surface area contributed by atoms with Gasteiger partial charge in [0.15, 0.2) is 0 Å². The summed E-state index contributed by atoms with van der Waals surface area (Å²) in [6.07, 6.45) is 5.79. The summed E-state index contributed by atoms with van der Waals surface area (Å²) in [6, 6.07) is 10.4. The molecule has 2 aromatic rings. The molecule has 0 N–H and O–H groups in total. The van der Waals surface area contributed by atoms with E-state index in [-0.39, 0.29) is 6.10 Å². The molecule has 0 bridgehead atoms. The number of ether oxygens (including phenoxy) is 1. The molecular weight excluding hydrogens is 198 g/mol. The largest absolute Gasteiger partial charge is 0.373 e. The van der Waals surface area contributed by atoms with Crippen molar-refractivity contribution < 1.29 is 4.74 Å². The number of para-hydroxylation sites is 1. The van der Waals surface area contributed by atoms with Gasteiger partial charge >= 0.3 is 0 Å². The van der Waals surface area contributed by atoms with Crippen LogP contribution < -0.4 is 0 Å². The number of benzene rings is 1. The third-order valence-corrected chi connectivity index (χ3v) is 3.16. The monoisotopic (exact) mass is 213 g/mol. The minimum absolute atomic E-state index is 0.255. The molecule has 2 nitrogen and oxygen atoms in total. The number of fused-ring (bicyclic) bond motifs is 1. The molecule has 3 rings (SSSR count). The third kappa shape index (κ3) is 1.81. The van der Waals surface area contributed by atoms with Gasteiger partial charge in [-0.2, -0.15) is 0 Å². The van der Waals surface area contributed by atoms with Crippen LogP contribution in [0.4, 0.5) is 0 Å². The van der Waals surface area contributed by atoms with Crippen molar-refractivity contribution in [1.82, 2.24) is 4.98 Å². The Hall–Kier alpha value is -1.41. The van der Waals surface area contributed by atoms with E-state index in [0.717, 1.165) is 18.5 Å². The molecule has 0 aliphatic carbocycles. The van der Waals surface area contributed by atoms with E-state index < -0.39 is 0 Å². The molecule has 2 heterocycles. The maximum Gasteiger partial charge on any atom is 0.0840 e. The molecule has 1 atom stereocenters. The Labute approximate surface area is 95.3 Å². The molecule has 2 heteroatoms. The summed E-state index contributed by atoms with van der Waals surface area (Å²) in [4.78, 5) is 4.48. The summed E-state index contributed by atoms with van der Waals surface area (Å²) >= 11 is 0. The van der Waals surface area contributed by atoms with Gasteiger partial charge in [0.25, 0.3) is 0 Å². The van der Waals surface area contributed by atoms with E-state index in [2.05, 4.69) is 23.2 Å². The standard InChI is InChI=1S/C14H15NO/c1-2-6-13-11(5-1)9-12(10-15-13)14-7-3-4-8-16-14/h1-2,5-6,9-10,14H,3-4,7-8H2. The summed E-state index contributed by atoms with van der Waals surface area (Å²) in [6.45, 7) is 0.886. The smallest absolute Gasteiger partial charge is 0.0840 e. The molecule has 0 amide bonds. The highest BCUT2D eigenvalue weighted by Gasteiger charge is 2.16. The normalized spacial score (nSPS) is 21.1. The van der Waals surface area contributed by atoms with E-state index in [4.69, 9.17) is 4.74 Å². The van der Waals surface area contributed by atoms with Gasteiger partial charge in [-0.1, -0.05) is 18.2 Å². The van der Waals surface area contributed by atoms with Crippen molar-refractivity contribution in [2.24, 2.45) is 0 Å². The topological polar surface area (TPSA) is 22.1 Å². The van der Waals surface area contributed by atoms with E-state index in [0.29, 0.717) is 0 Å². The van der Waals surface area contributed by atoms with Gasteiger partial charge in [0.05, 0.1) is 11.6 Å². The van der Waals surface area contributed by atoms with Crippen molar-refractivity contribution in [1.29, 1.82) is 0 Å². The predicted octanol–water partition coefficient (Wildman–Crippen LogP) is 3.48. The summed E-state index contributed by atoms with van der Waals surface area (Å²) < 4.78 is 5.77. The Morgan fingerprint density at radius 3 is 3.00 bits per heavy atom. The van der Waals surface area contributed by atoms with Crippen LogP contribution in [0.25, 0.3) is 10.9 Å². The van der Waals surface area contributed by atoms with Crippen molar-refractivity contribution >= 4 is 10.9 Å². The van der Waals surface area contributed by atoms with Crippen molar-refractivity contribution in [3.05, 3.63) is 42.1 Å². The lowest BCUT2D eigenvalue weighted by molar-refractivity contribution is 0.0148. The first-order valence-corrected chi connectivity index (χ1v) is 5.90. The maximum atomic E-state index is 5.77. The Bertz CT molecular complexity index is 489. The summed E-state index contributed by atoms with van der Waals surface area (Å²) in [7, 11) is 0. The quantitative estimate of drug-likeness (QED) is 0.723. The number of nitrogens with zero attached hydrogens (tertiary/aromatic N) is 1. The van der Waals surface area contributed by atoms with Crippen molar-refractivity contribution in [3.8, 4) is 0 Å². The Morgan fingerprint density at radius 2 is 2.12 bits per heavy atom. The highest BCUT2D eigenvalue weighted by molar-refractivity contribution is 5.78. The zero-order valence-electron chi connectivity index (χ0n) is 9.23. The average molecular weight is 213 g/mol. The Morgan fingerprint density at radius 1 is 1.19 bits per heavy atom. The molecule has 1 unspecified atom stereocenters. The third-order valence-electron chi connectivity index (χ3n) is 3.16. The minimum atomic E-state index is 0.255. The van der Waals surface area contributed by atoms with Crippen LogP contribution in [0.3, 0.4) is 0 Å². The van der Waals surface area contributed by atoms with Gasteiger partial charge in [-0.25, -0.2) is 0 Å². The molecule has 1 fully saturated rings. The van der Waals surface area contributed by atoms with Gasteiger partial charge in [-0.15, -0.1) is 0 Å². The van der Waals surface area contributed by atoms with E-state index in [1.54, 1.807) is 0 Å². The van der Waals surface area contributed by atoms with Crippen LogP contribution in [0.15, 0.2) is 36.5 Å². The Balaban J connectivity index is 1.97. The molecule has 1 aromatic carbocycles. The van der Waals surface area contributed by atoms with Crippen LogP contribution in [0, 0.1) is 0 Å². The van der Waals surface area contributed by atoms with Crippen LogP contribution in [-0.4, -0.2) is 11.6 Å². The summed E-state index contributed by atoms with van der Waals surface area (Å²) in [5.74, 6) is 0. The first-order valence-electron chi connectivity index (χ1n) is 5.90. The second-order valence-electron chi connectivity index (χ2n) is 4.32. The molecule has 16 heavy (non-hydrogen) atoms. The van der Waals surface area contributed by atoms with Crippen LogP contribution >= 0.6 is 0 Å². The lowest BCUT2D eigenvalue weighted by atomic mass is 10.0. The first kappa shape index (κ1) is 9.79. The SMILES string of the molecule is c1ccc2ncc(C3CCCCO3)cc2c1. The summed E-state index contributed by atoms with van der Waals surface area (Å²) in [5.41, 5.74) is 2.28. The highest BCUT2D eigenvalue weighted by Crippen LogP contribution is 2.28. The molecule has 82 valence electrons. The van der Waals surface area contributed by atoms with Gasteiger partial charge in [-0.3, -0.25) is 4.98 Å². The van der Waals surface area contributed by atoms with Crippen molar-refractivity contribution in [2.75, 3.05) is 6.61 Å². The second kappa shape index (κ2) is 4.22. The first-order chi connectivity index (χ1) is 7.93. The molecular formula is C14H15NO. The van der Waals surface area contributed by atoms with Crippen LogP contribution in [0.1, 0.15) is 30.9 Å². The van der Waals surface area contributed by atoms with Gasteiger partial charge in [0, 0.05) is 18.2 Å². The van der Waals surface area contributed by atoms with Gasteiger partial charge < -0.3 is 4.74 Å². The van der Waals surface area contributed by atoms with Gasteiger partial charge in [-0.05, 0) is 37.0 Å². The number of aromatic nitrogens is 1. The molecule has 0 saturated carbocycles. The van der Waals surface area contributed by atoms with E-state index in [9.17, 15) is 0 Å². The Kier molecular flexibility index (Phi) is 2.58. The predicted molar refractivity (Wildman–Crippen MR) is 64.3 cm³/mol.